The standard InChI is InChI=1S/C13H21N3O2/c1-3-16-11(14-10-15-16)13(12(17)18-4-2)8-6-5-7-9-13/h10H,3-9H2,1-2H3. The van der Waals surface area contributed by atoms with Crippen LogP contribution in [0.2, 0.25) is 0 Å². The fourth-order valence-corrected chi connectivity index (χ4v) is 2.81. The van der Waals surface area contributed by atoms with Gasteiger partial charge in [-0.3, -0.25) is 4.79 Å². The van der Waals surface area contributed by atoms with Crippen LogP contribution in [0, 0.1) is 0 Å². The monoisotopic (exact) mass is 251 g/mol. The van der Waals surface area contributed by atoms with Crippen LogP contribution in [-0.4, -0.2) is 27.3 Å². The predicted octanol–water partition coefficient (Wildman–Crippen LogP) is 2.06. The SMILES string of the molecule is CCOC(=O)C1(c2ncnn2CC)CCCCC1. The van der Waals surface area contributed by atoms with Crippen LogP contribution in [-0.2, 0) is 21.5 Å². The molecule has 1 aromatic rings. The van der Waals surface area contributed by atoms with Crippen LogP contribution in [0.3, 0.4) is 0 Å². The van der Waals surface area contributed by atoms with E-state index in [2.05, 4.69) is 10.1 Å². The molecule has 1 saturated carbocycles. The minimum atomic E-state index is -0.569. The second-order valence-electron chi connectivity index (χ2n) is 4.76. The van der Waals surface area contributed by atoms with E-state index in [1.807, 2.05) is 18.5 Å². The van der Waals surface area contributed by atoms with Gasteiger partial charge in [0.2, 0.25) is 0 Å². The Morgan fingerprint density at radius 1 is 1.39 bits per heavy atom. The number of carbonyl (C=O) groups excluding carboxylic acids is 1. The summed E-state index contributed by atoms with van der Waals surface area (Å²) < 4.78 is 7.11. The van der Waals surface area contributed by atoms with Crippen molar-refractivity contribution < 1.29 is 9.53 Å². The first-order valence-electron chi connectivity index (χ1n) is 6.80. The van der Waals surface area contributed by atoms with Gasteiger partial charge in [-0.15, -0.1) is 0 Å². The van der Waals surface area contributed by atoms with Gasteiger partial charge < -0.3 is 4.74 Å². The summed E-state index contributed by atoms with van der Waals surface area (Å²) in [5.74, 6) is 0.649. The van der Waals surface area contributed by atoms with Crippen molar-refractivity contribution in [3.8, 4) is 0 Å². The molecule has 18 heavy (non-hydrogen) atoms. The van der Waals surface area contributed by atoms with Crippen molar-refractivity contribution in [3.63, 3.8) is 0 Å². The molecule has 0 unspecified atom stereocenters. The molecule has 0 aromatic carbocycles. The summed E-state index contributed by atoms with van der Waals surface area (Å²) in [5, 5.41) is 4.20. The van der Waals surface area contributed by atoms with Gasteiger partial charge in [0.05, 0.1) is 6.61 Å². The highest BCUT2D eigenvalue weighted by Crippen LogP contribution is 2.39. The molecule has 0 spiro atoms. The summed E-state index contributed by atoms with van der Waals surface area (Å²) >= 11 is 0. The largest absolute Gasteiger partial charge is 0.465 e. The Kier molecular flexibility index (Phi) is 3.99. The van der Waals surface area contributed by atoms with Crippen LogP contribution in [0.5, 0.6) is 0 Å². The molecule has 2 rings (SSSR count). The van der Waals surface area contributed by atoms with Crippen LogP contribution in [0.25, 0.3) is 0 Å². The molecule has 5 nitrogen and oxygen atoms in total. The topological polar surface area (TPSA) is 57.0 Å². The minimum absolute atomic E-state index is 0.132. The van der Waals surface area contributed by atoms with Crippen LogP contribution >= 0.6 is 0 Å². The van der Waals surface area contributed by atoms with Gasteiger partial charge in [-0.2, -0.15) is 5.10 Å². The van der Waals surface area contributed by atoms with Crippen molar-refractivity contribution in [1.29, 1.82) is 0 Å². The Morgan fingerprint density at radius 3 is 2.72 bits per heavy atom. The number of aromatic nitrogens is 3. The summed E-state index contributed by atoms with van der Waals surface area (Å²) in [4.78, 5) is 16.7. The van der Waals surface area contributed by atoms with Crippen LogP contribution in [0.1, 0.15) is 51.8 Å². The first-order valence-corrected chi connectivity index (χ1v) is 6.80. The van der Waals surface area contributed by atoms with E-state index >= 15 is 0 Å². The third-order valence-corrected chi connectivity index (χ3v) is 3.72. The Labute approximate surface area is 108 Å². The summed E-state index contributed by atoms with van der Waals surface area (Å²) in [5.41, 5.74) is -0.569. The molecule has 100 valence electrons. The fourth-order valence-electron chi connectivity index (χ4n) is 2.81. The number of hydrogen-bond acceptors (Lipinski definition) is 4. The van der Waals surface area contributed by atoms with Crippen LogP contribution < -0.4 is 0 Å². The van der Waals surface area contributed by atoms with E-state index in [-0.39, 0.29) is 5.97 Å². The van der Waals surface area contributed by atoms with Gasteiger partial charge in [0, 0.05) is 6.54 Å². The van der Waals surface area contributed by atoms with E-state index < -0.39 is 5.41 Å². The number of rotatable bonds is 4. The van der Waals surface area contributed by atoms with Gasteiger partial charge in [-0.25, -0.2) is 9.67 Å². The lowest BCUT2D eigenvalue weighted by Crippen LogP contribution is -2.42. The van der Waals surface area contributed by atoms with E-state index in [0.29, 0.717) is 6.61 Å². The molecule has 5 heteroatoms. The Balaban J connectivity index is 2.38. The number of ether oxygens (including phenoxy) is 1. The average Bonchev–Trinajstić information content (AvgIpc) is 2.88. The van der Waals surface area contributed by atoms with Crippen LogP contribution in [0.4, 0.5) is 0 Å². The normalized spacial score (nSPS) is 18.6. The molecule has 1 fully saturated rings. The van der Waals surface area contributed by atoms with Crippen molar-refractivity contribution in [2.75, 3.05) is 6.61 Å². The van der Waals surface area contributed by atoms with Gasteiger partial charge in [-0.05, 0) is 26.7 Å². The zero-order valence-electron chi connectivity index (χ0n) is 11.2. The van der Waals surface area contributed by atoms with E-state index in [0.717, 1.165) is 38.1 Å². The fraction of sp³-hybridized carbons (Fsp3) is 0.769. The Morgan fingerprint density at radius 2 is 2.11 bits per heavy atom. The Hall–Kier alpha value is -1.39. The van der Waals surface area contributed by atoms with Gasteiger partial charge in [0.1, 0.15) is 17.6 Å². The second kappa shape index (κ2) is 5.50. The van der Waals surface area contributed by atoms with Crippen molar-refractivity contribution in [2.24, 2.45) is 0 Å². The zero-order valence-corrected chi connectivity index (χ0v) is 11.2. The molecule has 0 atom stereocenters. The molecule has 0 saturated heterocycles. The van der Waals surface area contributed by atoms with E-state index in [1.54, 1.807) is 0 Å². The maximum absolute atomic E-state index is 12.4. The van der Waals surface area contributed by atoms with E-state index in [4.69, 9.17) is 4.74 Å². The molecule has 0 radical (unpaired) electrons. The number of nitrogens with zero attached hydrogens (tertiary/aromatic N) is 3. The number of esters is 1. The molecule has 0 N–H and O–H groups in total. The summed E-state index contributed by atoms with van der Waals surface area (Å²) in [6.07, 6.45) is 6.47. The van der Waals surface area contributed by atoms with Crippen molar-refractivity contribution >= 4 is 5.97 Å². The molecular formula is C13H21N3O2. The summed E-state index contributed by atoms with van der Waals surface area (Å²) in [7, 11) is 0. The predicted molar refractivity (Wildman–Crippen MR) is 67.1 cm³/mol. The van der Waals surface area contributed by atoms with E-state index in [9.17, 15) is 4.79 Å². The second-order valence-corrected chi connectivity index (χ2v) is 4.76. The lowest BCUT2D eigenvalue weighted by molar-refractivity contribution is -0.152. The molecule has 0 bridgehead atoms. The molecule has 1 heterocycles. The smallest absolute Gasteiger partial charge is 0.319 e. The average molecular weight is 251 g/mol. The third kappa shape index (κ3) is 2.13. The minimum Gasteiger partial charge on any atom is -0.465 e. The van der Waals surface area contributed by atoms with Crippen LogP contribution in [0.15, 0.2) is 6.33 Å². The van der Waals surface area contributed by atoms with Gasteiger partial charge in [0.25, 0.3) is 0 Å². The first-order chi connectivity index (χ1) is 8.74. The molecule has 0 aliphatic heterocycles. The lowest BCUT2D eigenvalue weighted by atomic mass is 9.73. The summed E-state index contributed by atoms with van der Waals surface area (Å²) in [6, 6.07) is 0. The van der Waals surface area contributed by atoms with Crippen molar-refractivity contribution in [2.45, 2.75) is 57.9 Å². The maximum Gasteiger partial charge on any atom is 0.319 e. The highest BCUT2D eigenvalue weighted by molar-refractivity contribution is 5.82. The van der Waals surface area contributed by atoms with E-state index in [1.165, 1.54) is 12.7 Å². The highest BCUT2D eigenvalue weighted by atomic mass is 16.5. The molecule has 1 aromatic heterocycles. The first kappa shape index (κ1) is 13.1. The number of hydrogen-bond donors (Lipinski definition) is 0. The zero-order chi connectivity index (χ0) is 13.0. The molecule has 0 amide bonds. The lowest BCUT2D eigenvalue weighted by Gasteiger charge is -2.33. The van der Waals surface area contributed by atoms with Gasteiger partial charge in [-0.1, -0.05) is 19.3 Å². The summed E-state index contributed by atoms with van der Waals surface area (Å²) in [6.45, 7) is 5.01. The molecular weight excluding hydrogens is 230 g/mol. The molecule has 1 aliphatic carbocycles. The van der Waals surface area contributed by atoms with Gasteiger partial charge >= 0.3 is 5.97 Å². The van der Waals surface area contributed by atoms with Crippen molar-refractivity contribution in [1.82, 2.24) is 14.8 Å². The van der Waals surface area contributed by atoms with Crippen molar-refractivity contribution in [3.05, 3.63) is 12.2 Å². The Bertz CT molecular complexity index is 408. The number of carbonyl (C=O) groups is 1. The highest BCUT2D eigenvalue weighted by Gasteiger charge is 2.46. The third-order valence-electron chi connectivity index (χ3n) is 3.72. The number of aryl methyl sites for hydroxylation is 1. The molecule has 1 aliphatic rings. The van der Waals surface area contributed by atoms with Gasteiger partial charge in [0.15, 0.2) is 0 Å². The maximum atomic E-state index is 12.4. The quantitative estimate of drug-likeness (QED) is 0.769.